The Labute approximate surface area is 115 Å². The highest BCUT2D eigenvalue weighted by Crippen LogP contribution is 2.29. The van der Waals surface area contributed by atoms with Gasteiger partial charge < -0.3 is 10.5 Å². The molecule has 0 saturated carbocycles. The van der Waals surface area contributed by atoms with Gasteiger partial charge in [0.2, 0.25) is 0 Å². The molecule has 0 aliphatic heterocycles. The fourth-order valence-electron chi connectivity index (χ4n) is 2.09. The molecular formula is C17H21NO. The van der Waals surface area contributed by atoms with Gasteiger partial charge in [-0.2, -0.15) is 0 Å². The molecule has 0 aromatic heterocycles. The second-order valence-electron chi connectivity index (χ2n) is 5.02. The van der Waals surface area contributed by atoms with E-state index in [-0.39, 0.29) is 0 Å². The van der Waals surface area contributed by atoms with Gasteiger partial charge in [0.1, 0.15) is 11.5 Å². The molecule has 0 heterocycles. The summed E-state index contributed by atoms with van der Waals surface area (Å²) in [4.78, 5) is 0. The Balaban J connectivity index is 2.34. The van der Waals surface area contributed by atoms with Crippen molar-refractivity contribution in [1.82, 2.24) is 0 Å². The third-order valence-corrected chi connectivity index (χ3v) is 3.19. The van der Waals surface area contributed by atoms with Crippen LogP contribution in [0.5, 0.6) is 11.5 Å². The fourth-order valence-corrected chi connectivity index (χ4v) is 2.09. The predicted molar refractivity (Wildman–Crippen MR) is 79.9 cm³/mol. The van der Waals surface area contributed by atoms with Gasteiger partial charge in [-0.1, -0.05) is 29.8 Å². The molecule has 2 N–H and O–H groups in total. The van der Waals surface area contributed by atoms with E-state index in [4.69, 9.17) is 10.5 Å². The lowest BCUT2D eigenvalue weighted by Crippen LogP contribution is -2.04. The first-order valence-electron chi connectivity index (χ1n) is 6.65. The lowest BCUT2D eigenvalue weighted by molar-refractivity contribution is 0.472. The fraction of sp³-hybridized carbons (Fsp3) is 0.294. The molecule has 0 spiro atoms. The van der Waals surface area contributed by atoms with Gasteiger partial charge in [-0.05, 0) is 62.6 Å². The Kier molecular flexibility index (Phi) is 4.23. The zero-order valence-corrected chi connectivity index (χ0v) is 11.9. The summed E-state index contributed by atoms with van der Waals surface area (Å²) in [6.07, 6.45) is 0.835. The van der Waals surface area contributed by atoms with Crippen LogP contribution in [0.3, 0.4) is 0 Å². The molecule has 2 aromatic carbocycles. The van der Waals surface area contributed by atoms with E-state index in [9.17, 15) is 0 Å². The zero-order valence-electron chi connectivity index (χ0n) is 11.9. The van der Waals surface area contributed by atoms with Crippen LogP contribution >= 0.6 is 0 Å². The van der Waals surface area contributed by atoms with Gasteiger partial charge in [-0.25, -0.2) is 0 Å². The second-order valence-corrected chi connectivity index (χ2v) is 5.02. The Bertz CT molecular complexity index is 575. The second kappa shape index (κ2) is 5.89. The number of hydrogen-bond donors (Lipinski definition) is 1. The number of benzene rings is 2. The topological polar surface area (TPSA) is 35.2 Å². The molecule has 0 radical (unpaired) electrons. The smallest absolute Gasteiger partial charge is 0.130 e. The summed E-state index contributed by atoms with van der Waals surface area (Å²) in [5.41, 5.74) is 10.4. The van der Waals surface area contributed by atoms with Crippen molar-refractivity contribution >= 4 is 0 Å². The van der Waals surface area contributed by atoms with Crippen LogP contribution < -0.4 is 10.5 Å². The minimum Gasteiger partial charge on any atom is -0.457 e. The molecule has 0 bridgehead atoms. The largest absolute Gasteiger partial charge is 0.457 e. The summed E-state index contributed by atoms with van der Waals surface area (Å²) in [5, 5.41) is 0. The number of rotatable bonds is 4. The number of aryl methyl sites for hydroxylation is 3. The minimum absolute atomic E-state index is 0.632. The molecule has 0 saturated heterocycles. The number of nitrogens with two attached hydrogens (primary N) is 1. The van der Waals surface area contributed by atoms with Gasteiger partial charge in [0.05, 0.1) is 0 Å². The standard InChI is InChI=1S/C17H21NO/c1-12-5-7-16(15(10-12)8-9-18)19-17-11-13(2)4-6-14(17)3/h4-7,10-11H,8-9,18H2,1-3H3. The van der Waals surface area contributed by atoms with Crippen molar-refractivity contribution in [2.45, 2.75) is 27.2 Å². The Morgan fingerprint density at radius 2 is 1.58 bits per heavy atom. The summed E-state index contributed by atoms with van der Waals surface area (Å²) in [5.74, 6) is 1.83. The molecule has 2 rings (SSSR count). The van der Waals surface area contributed by atoms with Gasteiger partial charge in [-0.15, -0.1) is 0 Å². The normalized spacial score (nSPS) is 10.5. The first-order valence-corrected chi connectivity index (χ1v) is 6.65. The molecular weight excluding hydrogens is 234 g/mol. The maximum Gasteiger partial charge on any atom is 0.130 e. The van der Waals surface area contributed by atoms with Crippen molar-refractivity contribution in [1.29, 1.82) is 0 Å². The van der Waals surface area contributed by atoms with Crippen molar-refractivity contribution in [3.8, 4) is 11.5 Å². The molecule has 0 aliphatic rings. The highest BCUT2D eigenvalue weighted by Gasteiger charge is 2.07. The molecule has 2 aromatic rings. The van der Waals surface area contributed by atoms with E-state index in [2.05, 4.69) is 51.1 Å². The lowest BCUT2D eigenvalue weighted by Gasteiger charge is -2.14. The average molecular weight is 255 g/mol. The predicted octanol–water partition coefficient (Wildman–Crippen LogP) is 3.91. The number of ether oxygens (including phenoxy) is 1. The van der Waals surface area contributed by atoms with Crippen LogP contribution in [0.1, 0.15) is 22.3 Å². The first kappa shape index (κ1) is 13.6. The monoisotopic (exact) mass is 255 g/mol. The van der Waals surface area contributed by atoms with Gasteiger partial charge in [0.25, 0.3) is 0 Å². The summed E-state index contributed by atoms with van der Waals surface area (Å²) in [7, 11) is 0. The number of hydrogen-bond acceptors (Lipinski definition) is 2. The molecule has 0 fully saturated rings. The van der Waals surface area contributed by atoms with Gasteiger partial charge >= 0.3 is 0 Å². The van der Waals surface area contributed by atoms with Crippen molar-refractivity contribution < 1.29 is 4.74 Å². The third kappa shape index (κ3) is 3.36. The maximum absolute atomic E-state index is 6.07. The Hall–Kier alpha value is -1.80. The van der Waals surface area contributed by atoms with Crippen LogP contribution in [0.25, 0.3) is 0 Å². The van der Waals surface area contributed by atoms with Gasteiger partial charge in [0, 0.05) is 0 Å². The highest BCUT2D eigenvalue weighted by molar-refractivity contribution is 5.44. The molecule has 0 amide bonds. The van der Waals surface area contributed by atoms with E-state index in [1.165, 1.54) is 16.7 Å². The summed E-state index contributed by atoms with van der Waals surface area (Å²) >= 11 is 0. The van der Waals surface area contributed by atoms with Gasteiger partial charge in [-0.3, -0.25) is 0 Å². The molecule has 0 aliphatic carbocycles. The van der Waals surface area contributed by atoms with E-state index >= 15 is 0 Å². The van der Waals surface area contributed by atoms with Crippen molar-refractivity contribution in [3.05, 3.63) is 58.7 Å². The van der Waals surface area contributed by atoms with E-state index in [0.717, 1.165) is 23.5 Å². The van der Waals surface area contributed by atoms with Crippen LogP contribution in [0, 0.1) is 20.8 Å². The molecule has 2 heteroatoms. The van der Waals surface area contributed by atoms with E-state index in [1.807, 2.05) is 6.07 Å². The molecule has 0 atom stereocenters. The van der Waals surface area contributed by atoms with E-state index in [0.29, 0.717) is 6.54 Å². The zero-order chi connectivity index (χ0) is 13.8. The summed E-state index contributed by atoms with van der Waals surface area (Å²) in [6, 6.07) is 12.5. The van der Waals surface area contributed by atoms with Crippen LogP contribution in [-0.4, -0.2) is 6.54 Å². The Morgan fingerprint density at radius 3 is 2.32 bits per heavy atom. The van der Waals surface area contributed by atoms with Crippen molar-refractivity contribution in [2.75, 3.05) is 6.54 Å². The van der Waals surface area contributed by atoms with Crippen molar-refractivity contribution in [3.63, 3.8) is 0 Å². The Morgan fingerprint density at radius 1 is 0.895 bits per heavy atom. The minimum atomic E-state index is 0.632. The average Bonchev–Trinajstić information content (AvgIpc) is 2.37. The molecule has 0 unspecified atom stereocenters. The highest BCUT2D eigenvalue weighted by atomic mass is 16.5. The lowest BCUT2D eigenvalue weighted by atomic mass is 10.1. The van der Waals surface area contributed by atoms with Gasteiger partial charge in [0.15, 0.2) is 0 Å². The van der Waals surface area contributed by atoms with Crippen LogP contribution in [0.15, 0.2) is 36.4 Å². The molecule has 100 valence electrons. The van der Waals surface area contributed by atoms with Crippen LogP contribution in [-0.2, 0) is 6.42 Å². The molecule has 19 heavy (non-hydrogen) atoms. The summed E-state index contributed by atoms with van der Waals surface area (Å²) in [6.45, 7) is 6.85. The maximum atomic E-state index is 6.07. The van der Waals surface area contributed by atoms with Crippen LogP contribution in [0.4, 0.5) is 0 Å². The van der Waals surface area contributed by atoms with Crippen LogP contribution in [0.2, 0.25) is 0 Å². The van der Waals surface area contributed by atoms with E-state index in [1.54, 1.807) is 0 Å². The summed E-state index contributed by atoms with van der Waals surface area (Å²) < 4.78 is 6.07. The molecule has 2 nitrogen and oxygen atoms in total. The van der Waals surface area contributed by atoms with E-state index < -0.39 is 0 Å². The third-order valence-electron chi connectivity index (χ3n) is 3.19. The first-order chi connectivity index (χ1) is 9.10. The van der Waals surface area contributed by atoms with Crippen molar-refractivity contribution in [2.24, 2.45) is 5.73 Å². The quantitative estimate of drug-likeness (QED) is 0.899. The SMILES string of the molecule is Cc1ccc(Oc2cc(C)ccc2C)c(CCN)c1.